The van der Waals surface area contributed by atoms with E-state index in [1.165, 1.54) is 0 Å². The van der Waals surface area contributed by atoms with Crippen LogP contribution in [0.3, 0.4) is 0 Å². The first kappa shape index (κ1) is 13.7. The van der Waals surface area contributed by atoms with E-state index in [9.17, 15) is 0 Å². The Balaban J connectivity index is 2.20. The second-order valence-corrected chi connectivity index (χ2v) is 5.77. The lowest BCUT2D eigenvalue weighted by atomic mass is 10.1. The monoisotopic (exact) mass is 300 g/mol. The topological polar surface area (TPSA) is 57.4 Å². The first-order chi connectivity index (χ1) is 10.1. The van der Waals surface area contributed by atoms with Crippen molar-refractivity contribution in [2.24, 2.45) is 0 Å². The second kappa shape index (κ2) is 5.26. The quantitative estimate of drug-likeness (QED) is 0.746. The molecule has 21 heavy (non-hydrogen) atoms. The van der Waals surface area contributed by atoms with Crippen LogP contribution in [0.1, 0.15) is 5.56 Å². The van der Waals surface area contributed by atoms with Crippen LogP contribution >= 0.6 is 11.3 Å². The number of para-hydroxylation sites is 1. The van der Waals surface area contributed by atoms with Gasteiger partial charge in [0.05, 0.1) is 24.4 Å². The number of nitrogens with two attached hydrogens (primary N) is 1. The van der Waals surface area contributed by atoms with Crippen molar-refractivity contribution in [3.8, 4) is 22.1 Å². The third-order valence-corrected chi connectivity index (χ3v) is 4.46. The Hall–Kier alpha value is -2.27. The number of methoxy groups -OCH3 is 2. The summed E-state index contributed by atoms with van der Waals surface area (Å²) in [6, 6.07) is 9.82. The predicted molar refractivity (Wildman–Crippen MR) is 87.3 cm³/mol. The fourth-order valence-corrected chi connectivity index (χ4v) is 3.36. The summed E-state index contributed by atoms with van der Waals surface area (Å²) >= 11 is 1.62. The molecule has 0 amide bonds. The molecule has 1 heterocycles. The van der Waals surface area contributed by atoms with Crippen LogP contribution in [0, 0.1) is 6.92 Å². The molecule has 0 saturated heterocycles. The van der Waals surface area contributed by atoms with E-state index in [2.05, 4.69) is 19.1 Å². The molecule has 2 N–H and O–H groups in total. The van der Waals surface area contributed by atoms with Crippen LogP contribution in [0.2, 0.25) is 0 Å². The minimum Gasteiger partial charge on any atom is -0.493 e. The van der Waals surface area contributed by atoms with Crippen LogP contribution < -0.4 is 15.2 Å². The predicted octanol–water partition coefficient (Wildman–Crippen LogP) is 3.87. The van der Waals surface area contributed by atoms with Crippen molar-refractivity contribution < 1.29 is 9.47 Å². The Kier molecular flexibility index (Phi) is 3.43. The molecular formula is C16H16N2O2S. The van der Waals surface area contributed by atoms with E-state index < -0.39 is 0 Å². The summed E-state index contributed by atoms with van der Waals surface area (Å²) in [7, 11) is 3.21. The van der Waals surface area contributed by atoms with E-state index >= 15 is 0 Å². The number of thiazole rings is 1. The summed E-state index contributed by atoms with van der Waals surface area (Å²) < 4.78 is 11.8. The summed E-state index contributed by atoms with van der Waals surface area (Å²) in [6.45, 7) is 2.06. The van der Waals surface area contributed by atoms with E-state index in [0.29, 0.717) is 17.2 Å². The van der Waals surface area contributed by atoms with Gasteiger partial charge in [0.25, 0.3) is 0 Å². The number of ether oxygens (including phenoxy) is 2. The number of anilines is 1. The lowest BCUT2D eigenvalue weighted by Crippen LogP contribution is -1.95. The maximum atomic E-state index is 6.14. The van der Waals surface area contributed by atoms with Gasteiger partial charge in [0.2, 0.25) is 0 Å². The van der Waals surface area contributed by atoms with Crippen molar-refractivity contribution >= 4 is 27.2 Å². The third-order valence-electron chi connectivity index (χ3n) is 3.41. The van der Waals surface area contributed by atoms with Gasteiger partial charge in [0.1, 0.15) is 5.01 Å². The minimum absolute atomic E-state index is 0.621. The smallest absolute Gasteiger partial charge is 0.162 e. The summed E-state index contributed by atoms with van der Waals surface area (Å²) in [4.78, 5) is 4.72. The molecule has 1 aromatic heterocycles. The van der Waals surface area contributed by atoms with Gasteiger partial charge in [-0.1, -0.05) is 12.1 Å². The summed E-state index contributed by atoms with van der Waals surface area (Å²) in [5.41, 5.74) is 9.82. The lowest BCUT2D eigenvalue weighted by Gasteiger charge is -2.10. The minimum atomic E-state index is 0.621. The standard InChI is InChI=1S/C16H16N2O2S/c1-9-5-4-6-14-15(9)18-16(21-14)10-7-12(19-2)13(20-3)8-11(10)17/h4-8H,17H2,1-3H3. The zero-order chi connectivity index (χ0) is 15.0. The normalized spacial score (nSPS) is 10.8. The highest BCUT2D eigenvalue weighted by molar-refractivity contribution is 7.21. The van der Waals surface area contributed by atoms with Gasteiger partial charge in [-0.3, -0.25) is 0 Å². The molecule has 3 rings (SSSR count). The van der Waals surface area contributed by atoms with Crippen LogP contribution in [0.25, 0.3) is 20.8 Å². The fourth-order valence-electron chi connectivity index (χ4n) is 2.28. The molecular weight excluding hydrogens is 284 g/mol. The molecule has 0 aliphatic rings. The van der Waals surface area contributed by atoms with E-state index in [1.807, 2.05) is 12.1 Å². The third kappa shape index (κ3) is 2.29. The molecule has 0 atom stereocenters. The molecule has 0 aliphatic carbocycles. The molecule has 0 saturated carbocycles. The molecule has 4 nitrogen and oxygen atoms in total. The number of hydrogen-bond donors (Lipinski definition) is 1. The van der Waals surface area contributed by atoms with Gasteiger partial charge in [-0.05, 0) is 24.6 Å². The molecule has 0 bridgehead atoms. The number of aromatic nitrogens is 1. The molecule has 2 aromatic carbocycles. The Labute approximate surface area is 127 Å². The first-order valence-electron chi connectivity index (χ1n) is 6.52. The number of aryl methyl sites for hydroxylation is 1. The second-order valence-electron chi connectivity index (χ2n) is 4.74. The molecule has 0 fully saturated rings. The highest BCUT2D eigenvalue weighted by atomic mass is 32.1. The Morgan fingerprint density at radius 2 is 1.81 bits per heavy atom. The van der Waals surface area contributed by atoms with Gasteiger partial charge in [0.15, 0.2) is 11.5 Å². The Bertz CT molecular complexity index is 811. The first-order valence-corrected chi connectivity index (χ1v) is 7.33. The molecule has 108 valence electrons. The molecule has 3 aromatic rings. The number of hydrogen-bond acceptors (Lipinski definition) is 5. The van der Waals surface area contributed by atoms with Crippen molar-refractivity contribution in [2.45, 2.75) is 6.92 Å². The molecule has 0 unspecified atom stereocenters. The van der Waals surface area contributed by atoms with Crippen molar-refractivity contribution in [3.63, 3.8) is 0 Å². The number of rotatable bonds is 3. The largest absolute Gasteiger partial charge is 0.493 e. The van der Waals surface area contributed by atoms with Crippen LogP contribution in [0.4, 0.5) is 5.69 Å². The maximum absolute atomic E-state index is 6.14. The summed E-state index contributed by atoms with van der Waals surface area (Å²) in [6.07, 6.45) is 0. The number of fused-ring (bicyclic) bond motifs is 1. The lowest BCUT2D eigenvalue weighted by molar-refractivity contribution is 0.355. The zero-order valence-electron chi connectivity index (χ0n) is 12.1. The number of nitrogen functional groups attached to an aromatic ring is 1. The van der Waals surface area contributed by atoms with E-state index in [4.69, 9.17) is 20.2 Å². The van der Waals surface area contributed by atoms with Crippen molar-refractivity contribution in [1.82, 2.24) is 4.98 Å². The number of nitrogens with zero attached hydrogens (tertiary/aromatic N) is 1. The van der Waals surface area contributed by atoms with Crippen LogP contribution in [-0.4, -0.2) is 19.2 Å². The van der Waals surface area contributed by atoms with E-state index in [-0.39, 0.29) is 0 Å². The van der Waals surface area contributed by atoms with Gasteiger partial charge < -0.3 is 15.2 Å². The van der Waals surface area contributed by atoms with Crippen molar-refractivity contribution in [2.75, 3.05) is 20.0 Å². The van der Waals surface area contributed by atoms with Crippen LogP contribution in [-0.2, 0) is 0 Å². The van der Waals surface area contributed by atoms with Crippen LogP contribution in [0.5, 0.6) is 11.5 Å². The average molecular weight is 300 g/mol. The van der Waals surface area contributed by atoms with Gasteiger partial charge >= 0.3 is 0 Å². The molecule has 0 spiro atoms. The van der Waals surface area contributed by atoms with Crippen molar-refractivity contribution in [1.29, 1.82) is 0 Å². The van der Waals surface area contributed by atoms with Gasteiger partial charge in [-0.15, -0.1) is 11.3 Å². The fraction of sp³-hybridized carbons (Fsp3) is 0.188. The maximum Gasteiger partial charge on any atom is 0.162 e. The van der Waals surface area contributed by atoms with Gasteiger partial charge in [-0.25, -0.2) is 4.98 Å². The molecule has 0 radical (unpaired) electrons. The molecule has 0 aliphatic heterocycles. The average Bonchev–Trinajstić information content (AvgIpc) is 2.92. The highest BCUT2D eigenvalue weighted by Gasteiger charge is 2.14. The van der Waals surface area contributed by atoms with Gasteiger partial charge in [-0.2, -0.15) is 0 Å². The Morgan fingerprint density at radius 3 is 2.48 bits per heavy atom. The summed E-state index contributed by atoms with van der Waals surface area (Å²) in [5.74, 6) is 1.27. The zero-order valence-corrected chi connectivity index (χ0v) is 13.0. The summed E-state index contributed by atoms with van der Waals surface area (Å²) in [5, 5.41) is 0.887. The van der Waals surface area contributed by atoms with E-state index in [0.717, 1.165) is 26.4 Å². The van der Waals surface area contributed by atoms with Crippen molar-refractivity contribution in [3.05, 3.63) is 35.9 Å². The van der Waals surface area contributed by atoms with Gasteiger partial charge in [0, 0.05) is 17.3 Å². The Morgan fingerprint density at radius 1 is 1.10 bits per heavy atom. The van der Waals surface area contributed by atoms with Crippen LogP contribution in [0.15, 0.2) is 30.3 Å². The van der Waals surface area contributed by atoms with E-state index in [1.54, 1.807) is 31.6 Å². The number of benzene rings is 2. The highest BCUT2D eigenvalue weighted by Crippen LogP contribution is 2.40. The molecule has 5 heteroatoms. The SMILES string of the molecule is COc1cc(N)c(-c2nc3c(C)cccc3s2)cc1OC.